The van der Waals surface area contributed by atoms with E-state index in [0.717, 1.165) is 51.6 Å². The van der Waals surface area contributed by atoms with Crippen LogP contribution in [0.1, 0.15) is 37.7 Å². The zero-order valence-electron chi connectivity index (χ0n) is 12.4. The fourth-order valence-electron chi connectivity index (χ4n) is 3.49. The Labute approximate surface area is 126 Å². The normalized spacial score (nSPS) is 21.4. The summed E-state index contributed by atoms with van der Waals surface area (Å²) < 4.78 is 0. The molecule has 1 saturated carbocycles. The molecule has 3 heteroatoms. The average Bonchev–Trinajstić information content (AvgIpc) is 2.48. The summed E-state index contributed by atoms with van der Waals surface area (Å²) in [5, 5.41) is 9.29. The maximum atomic E-state index is 12.5. The first kappa shape index (κ1) is 14.1. The summed E-state index contributed by atoms with van der Waals surface area (Å²) >= 11 is 0. The quantitative estimate of drug-likeness (QED) is 0.854. The number of likely N-dealkylation sites (tertiary alicyclic amines) is 1. The Kier molecular flexibility index (Phi) is 3.96. The van der Waals surface area contributed by atoms with Gasteiger partial charge in [-0.05, 0) is 50.0 Å². The molecule has 3 rings (SSSR count). The number of carbonyl (C=O) groups is 1. The molecule has 0 spiro atoms. The summed E-state index contributed by atoms with van der Waals surface area (Å²) in [6.07, 6.45) is 5.75. The highest BCUT2D eigenvalue weighted by Gasteiger charge is 2.47. The van der Waals surface area contributed by atoms with Crippen LogP contribution in [0, 0.1) is 22.7 Å². The van der Waals surface area contributed by atoms with Crippen LogP contribution in [0.3, 0.4) is 0 Å². The molecule has 0 aromatic heterocycles. The summed E-state index contributed by atoms with van der Waals surface area (Å²) in [5.74, 6) is 0.755. The molecule has 110 valence electrons. The number of rotatable bonds is 3. The second kappa shape index (κ2) is 5.89. The Morgan fingerprint density at radius 2 is 1.90 bits per heavy atom. The Hall–Kier alpha value is -1.82. The smallest absolute Gasteiger partial charge is 0.243 e. The third-order valence-electron chi connectivity index (χ3n) is 5.10. The van der Waals surface area contributed by atoms with E-state index in [2.05, 4.69) is 30.3 Å². The van der Waals surface area contributed by atoms with E-state index in [1.54, 1.807) is 0 Å². The van der Waals surface area contributed by atoms with Gasteiger partial charge in [0, 0.05) is 13.1 Å². The minimum Gasteiger partial charge on any atom is -0.341 e. The molecule has 0 atom stereocenters. The lowest BCUT2D eigenvalue weighted by Crippen LogP contribution is -2.49. The van der Waals surface area contributed by atoms with Gasteiger partial charge in [-0.15, -0.1) is 0 Å². The molecule has 3 nitrogen and oxygen atoms in total. The summed E-state index contributed by atoms with van der Waals surface area (Å²) in [6.45, 7) is 1.64. The fraction of sp³-hybridized carbons (Fsp3) is 0.556. The van der Waals surface area contributed by atoms with Crippen molar-refractivity contribution in [2.45, 2.75) is 38.5 Å². The number of hydrogen-bond donors (Lipinski definition) is 0. The number of benzene rings is 1. The number of nitrogens with zero attached hydrogens (tertiary/aromatic N) is 2. The summed E-state index contributed by atoms with van der Waals surface area (Å²) in [6, 6.07) is 12.8. The van der Waals surface area contributed by atoms with Crippen LogP contribution in [-0.2, 0) is 11.2 Å². The van der Waals surface area contributed by atoms with Crippen LogP contribution in [-0.4, -0.2) is 23.9 Å². The third-order valence-corrected chi connectivity index (χ3v) is 5.10. The fourth-order valence-corrected chi connectivity index (χ4v) is 3.49. The summed E-state index contributed by atoms with van der Waals surface area (Å²) in [4.78, 5) is 14.4. The van der Waals surface area contributed by atoms with Crippen LogP contribution in [0.5, 0.6) is 0 Å². The maximum absolute atomic E-state index is 12.5. The van der Waals surface area contributed by atoms with Crippen LogP contribution in [0.15, 0.2) is 30.3 Å². The Bertz CT molecular complexity index is 534. The second-order valence-corrected chi connectivity index (χ2v) is 6.47. The minimum absolute atomic E-state index is 0.0920. The van der Waals surface area contributed by atoms with Crippen molar-refractivity contribution >= 4 is 5.91 Å². The van der Waals surface area contributed by atoms with Crippen molar-refractivity contribution in [3.05, 3.63) is 35.9 Å². The van der Waals surface area contributed by atoms with Gasteiger partial charge in [-0.1, -0.05) is 30.3 Å². The maximum Gasteiger partial charge on any atom is 0.243 e. The standard InChI is InChI=1S/C18H22N2O/c19-14-18(9-4-10-18)17(21)20-11-7-16(8-12-20)13-15-5-2-1-3-6-15/h1-3,5-6,16H,4,7-13H2. The van der Waals surface area contributed by atoms with E-state index in [-0.39, 0.29) is 5.91 Å². The highest BCUT2D eigenvalue weighted by Crippen LogP contribution is 2.42. The van der Waals surface area contributed by atoms with Crippen molar-refractivity contribution in [1.82, 2.24) is 4.90 Å². The zero-order chi connectivity index (χ0) is 14.7. The molecular weight excluding hydrogens is 260 g/mol. The van der Waals surface area contributed by atoms with Crippen LogP contribution in [0.25, 0.3) is 0 Å². The monoisotopic (exact) mass is 282 g/mol. The van der Waals surface area contributed by atoms with Gasteiger partial charge in [0.1, 0.15) is 5.41 Å². The lowest BCUT2D eigenvalue weighted by molar-refractivity contribution is -0.144. The number of hydrogen-bond acceptors (Lipinski definition) is 2. The first-order valence-corrected chi connectivity index (χ1v) is 7.98. The molecule has 1 aromatic rings. The minimum atomic E-state index is -0.674. The van der Waals surface area contributed by atoms with Crippen LogP contribution < -0.4 is 0 Å². The second-order valence-electron chi connectivity index (χ2n) is 6.47. The van der Waals surface area contributed by atoms with E-state index in [1.807, 2.05) is 11.0 Å². The average molecular weight is 282 g/mol. The van der Waals surface area contributed by atoms with E-state index in [1.165, 1.54) is 5.56 Å². The molecular formula is C18H22N2O. The lowest BCUT2D eigenvalue weighted by Gasteiger charge is -2.41. The topological polar surface area (TPSA) is 44.1 Å². The van der Waals surface area contributed by atoms with E-state index in [9.17, 15) is 10.1 Å². The molecule has 1 heterocycles. The molecule has 2 fully saturated rings. The highest BCUT2D eigenvalue weighted by molar-refractivity contribution is 5.86. The molecule has 0 N–H and O–H groups in total. The first-order chi connectivity index (χ1) is 10.2. The molecule has 0 radical (unpaired) electrons. The van der Waals surface area contributed by atoms with Gasteiger partial charge in [0.2, 0.25) is 5.91 Å². The van der Waals surface area contributed by atoms with Crippen molar-refractivity contribution in [3.63, 3.8) is 0 Å². The van der Waals surface area contributed by atoms with Crippen molar-refractivity contribution in [3.8, 4) is 6.07 Å². The molecule has 1 aliphatic heterocycles. The Morgan fingerprint density at radius 1 is 1.24 bits per heavy atom. The van der Waals surface area contributed by atoms with Gasteiger partial charge in [-0.25, -0.2) is 0 Å². The van der Waals surface area contributed by atoms with E-state index < -0.39 is 5.41 Å². The van der Waals surface area contributed by atoms with E-state index in [0.29, 0.717) is 5.92 Å². The van der Waals surface area contributed by atoms with Crippen LogP contribution in [0.4, 0.5) is 0 Å². The van der Waals surface area contributed by atoms with Gasteiger partial charge >= 0.3 is 0 Å². The van der Waals surface area contributed by atoms with E-state index in [4.69, 9.17) is 0 Å². The Morgan fingerprint density at radius 3 is 2.43 bits per heavy atom. The largest absolute Gasteiger partial charge is 0.341 e. The molecule has 1 aromatic carbocycles. The third kappa shape index (κ3) is 2.81. The zero-order valence-corrected chi connectivity index (χ0v) is 12.4. The summed E-state index contributed by atoms with van der Waals surface area (Å²) in [7, 11) is 0. The number of carbonyl (C=O) groups excluding carboxylic acids is 1. The van der Waals surface area contributed by atoms with Crippen molar-refractivity contribution in [2.24, 2.45) is 11.3 Å². The van der Waals surface area contributed by atoms with Gasteiger partial charge in [0.15, 0.2) is 0 Å². The van der Waals surface area contributed by atoms with Crippen LogP contribution >= 0.6 is 0 Å². The van der Waals surface area contributed by atoms with Crippen molar-refractivity contribution in [2.75, 3.05) is 13.1 Å². The van der Waals surface area contributed by atoms with Crippen molar-refractivity contribution < 1.29 is 4.79 Å². The molecule has 2 aliphatic rings. The first-order valence-electron chi connectivity index (χ1n) is 7.98. The molecule has 21 heavy (non-hydrogen) atoms. The molecule has 1 amide bonds. The van der Waals surface area contributed by atoms with Gasteiger partial charge in [0.25, 0.3) is 0 Å². The van der Waals surface area contributed by atoms with Crippen molar-refractivity contribution in [1.29, 1.82) is 5.26 Å². The van der Waals surface area contributed by atoms with Gasteiger partial charge < -0.3 is 4.90 Å². The predicted molar refractivity (Wildman–Crippen MR) is 81.3 cm³/mol. The SMILES string of the molecule is N#CC1(C(=O)N2CCC(Cc3ccccc3)CC2)CCC1. The van der Waals surface area contributed by atoms with Gasteiger partial charge in [0.05, 0.1) is 6.07 Å². The van der Waals surface area contributed by atoms with Gasteiger partial charge in [-0.2, -0.15) is 5.26 Å². The molecule has 1 saturated heterocycles. The van der Waals surface area contributed by atoms with Crippen LogP contribution in [0.2, 0.25) is 0 Å². The van der Waals surface area contributed by atoms with Gasteiger partial charge in [-0.3, -0.25) is 4.79 Å². The molecule has 1 aliphatic carbocycles. The number of nitriles is 1. The lowest BCUT2D eigenvalue weighted by atomic mass is 9.68. The highest BCUT2D eigenvalue weighted by atomic mass is 16.2. The number of piperidine rings is 1. The molecule has 0 bridgehead atoms. The molecule has 0 unspecified atom stereocenters. The van der Waals surface area contributed by atoms with E-state index >= 15 is 0 Å². The predicted octanol–water partition coefficient (Wildman–Crippen LogP) is 3.16. The number of amides is 1. The Balaban J connectivity index is 1.54. The summed E-state index contributed by atoms with van der Waals surface area (Å²) in [5.41, 5.74) is 0.710.